The number of nitrogens with zero attached hydrogens (tertiary/aromatic N) is 4. The van der Waals surface area contributed by atoms with Crippen LogP contribution in [0.3, 0.4) is 0 Å². The summed E-state index contributed by atoms with van der Waals surface area (Å²) < 4.78 is 0. The highest BCUT2D eigenvalue weighted by molar-refractivity contribution is 7.17. The first-order chi connectivity index (χ1) is 15.7. The maximum absolute atomic E-state index is 11.7. The van der Waals surface area contributed by atoms with E-state index >= 15 is 0 Å². The summed E-state index contributed by atoms with van der Waals surface area (Å²) in [7, 11) is 0. The summed E-state index contributed by atoms with van der Waals surface area (Å²) in [6.07, 6.45) is 7.14. The van der Waals surface area contributed by atoms with Gasteiger partial charge in [-0.15, -0.1) is 11.3 Å². The number of rotatable bonds is 4. The van der Waals surface area contributed by atoms with Gasteiger partial charge in [0.05, 0.1) is 33.5 Å². The Hall–Kier alpha value is -4.17. The average Bonchev–Trinajstić information content (AvgIpc) is 3.56. The summed E-state index contributed by atoms with van der Waals surface area (Å²) in [5, 5.41) is 8.63. The number of hydrogen-bond acceptors (Lipinski definition) is 6. The number of carbonyl (C=O) groups is 1. The molecule has 0 spiro atoms. The van der Waals surface area contributed by atoms with Crippen molar-refractivity contribution in [3.8, 4) is 33.1 Å². The van der Waals surface area contributed by atoms with Crippen LogP contribution in [0.15, 0.2) is 67.3 Å². The Kier molecular flexibility index (Phi) is 4.19. The van der Waals surface area contributed by atoms with Gasteiger partial charge < -0.3 is 4.98 Å². The summed E-state index contributed by atoms with van der Waals surface area (Å²) >= 11 is 1.48. The fourth-order valence-electron chi connectivity index (χ4n) is 3.82. The first-order valence-electron chi connectivity index (χ1n) is 10.0. The van der Waals surface area contributed by atoms with Crippen LogP contribution in [0.1, 0.15) is 16.6 Å². The fourth-order valence-corrected chi connectivity index (χ4v) is 4.74. The number of Topliss-reactive ketones (excluding diaryl/α,β-unsaturated/α-hetero) is 1. The van der Waals surface area contributed by atoms with E-state index in [0.717, 1.165) is 59.9 Å². The lowest BCUT2D eigenvalue weighted by atomic mass is 10.1. The highest BCUT2D eigenvalue weighted by Gasteiger charge is 2.16. The van der Waals surface area contributed by atoms with Gasteiger partial charge in [-0.25, -0.2) is 4.98 Å². The van der Waals surface area contributed by atoms with Gasteiger partial charge in [-0.1, -0.05) is 0 Å². The Balaban J connectivity index is 1.49. The molecule has 0 amide bonds. The summed E-state index contributed by atoms with van der Waals surface area (Å²) in [6, 6.07) is 13.7. The quantitative estimate of drug-likeness (QED) is 0.356. The number of thiophene rings is 1. The number of hydrogen-bond donors (Lipinski definition) is 2. The number of carbonyl (C=O) groups excluding carboxylic acids is 1. The van der Waals surface area contributed by atoms with Crippen molar-refractivity contribution in [1.82, 2.24) is 30.1 Å². The molecule has 0 aliphatic rings. The third-order valence-corrected chi connectivity index (χ3v) is 6.62. The van der Waals surface area contributed by atoms with Gasteiger partial charge in [0.25, 0.3) is 0 Å². The lowest BCUT2D eigenvalue weighted by molar-refractivity contribution is 0.102. The summed E-state index contributed by atoms with van der Waals surface area (Å²) in [4.78, 5) is 30.2. The van der Waals surface area contributed by atoms with Crippen LogP contribution in [0.25, 0.3) is 55.0 Å². The average molecular weight is 437 g/mol. The van der Waals surface area contributed by atoms with Gasteiger partial charge in [0, 0.05) is 40.0 Å². The predicted molar refractivity (Wildman–Crippen MR) is 126 cm³/mol. The molecular formula is C24H16N6OS. The van der Waals surface area contributed by atoms with Gasteiger partial charge in [0.15, 0.2) is 5.78 Å². The molecule has 0 aliphatic carbocycles. The lowest BCUT2D eigenvalue weighted by Gasteiger charge is -2.00. The largest absolute Gasteiger partial charge is 0.352 e. The van der Waals surface area contributed by atoms with E-state index in [2.05, 4.69) is 31.2 Å². The number of nitrogens with one attached hydrogen (secondary N) is 2. The monoisotopic (exact) mass is 436 g/mol. The molecule has 0 atom stereocenters. The maximum Gasteiger partial charge on any atom is 0.169 e. The minimum absolute atomic E-state index is 0.0650. The van der Waals surface area contributed by atoms with E-state index in [1.165, 1.54) is 11.3 Å². The first-order valence-corrected chi connectivity index (χ1v) is 10.8. The molecule has 7 nitrogen and oxygen atoms in total. The van der Waals surface area contributed by atoms with Crippen LogP contribution in [0.2, 0.25) is 0 Å². The molecule has 6 heterocycles. The van der Waals surface area contributed by atoms with Crippen LogP contribution in [0.4, 0.5) is 0 Å². The summed E-state index contributed by atoms with van der Waals surface area (Å²) in [6.45, 7) is 1.58. The zero-order chi connectivity index (χ0) is 21.7. The molecule has 6 rings (SSSR count). The van der Waals surface area contributed by atoms with E-state index in [0.29, 0.717) is 0 Å². The van der Waals surface area contributed by atoms with Gasteiger partial charge in [0.1, 0.15) is 11.2 Å². The number of H-pyrrole nitrogens is 2. The van der Waals surface area contributed by atoms with E-state index in [9.17, 15) is 4.79 Å². The van der Waals surface area contributed by atoms with Crippen LogP contribution in [0, 0.1) is 0 Å². The van der Waals surface area contributed by atoms with Crippen molar-refractivity contribution in [3.63, 3.8) is 0 Å². The molecule has 6 aromatic rings. The third-order valence-electron chi connectivity index (χ3n) is 5.40. The Morgan fingerprint density at radius 3 is 2.66 bits per heavy atom. The van der Waals surface area contributed by atoms with Crippen LogP contribution >= 0.6 is 11.3 Å². The smallest absolute Gasteiger partial charge is 0.169 e. The molecule has 32 heavy (non-hydrogen) atoms. The standard InChI is InChI=1S/C24H16N6OS/c1-13(31)21-4-5-22(32-21)16-11-26-12-20-15(16)10-19(27-20)24-23-18(29-30-24)3-2-17(28-23)14-6-8-25-9-7-14/h2-12,27H,1H3,(H,29,30). The molecule has 2 N–H and O–H groups in total. The van der Waals surface area contributed by atoms with Gasteiger partial charge in [-0.05, 0) is 49.4 Å². The van der Waals surface area contributed by atoms with Crippen LogP contribution in [0.5, 0.6) is 0 Å². The Labute approximate surface area is 186 Å². The molecular weight excluding hydrogens is 420 g/mol. The highest BCUT2D eigenvalue weighted by atomic mass is 32.1. The zero-order valence-electron chi connectivity index (χ0n) is 17.0. The molecule has 0 radical (unpaired) electrons. The van der Waals surface area contributed by atoms with Crippen molar-refractivity contribution in [2.45, 2.75) is 6.92 Å². The van der Waals surface area contributed by atoms with Gasteiger partial charge in [0.2, 0.25) is 0 Å². The minimum Gasteiger partial charge on any atom is -0.352 e. The second kappa shape index (κ2) is 7.21. The molecule has 0 saturated carbocycles. The first kappa shape index (κ1) is 18.6. The van der Waals surface area contributed by atoms with Gasteiger partial charge in [-0.2, -0.15) is 5.10 Å². The normalized spacial score (nSPS) is 11.4. The Morgan fingerprint density at radius 1 is 0.969 bits per heavy atom. The van der Waals surface area contributed by atoms with E-state index in [1.807, 2.05) is 42.6 Å². The second-order valence-electron chi connectivity index (χ2n) is 7.45. The summed E-state index contributed by atoms with van der Waals surface area (Å²) in [5.74, 6) is 0.0650. The van der Waals surface area contributed by atoms with Crippen LogP contribution in [-0.4, -0.2) is 35.9 Å². The van der Waals surface area contributed by atoms with E-state index in [-0.39, 0.29) is 5.78 Å². The lowest BCUT2D eigenvalue weighted by Crippen LogP contribution is -1.86. The van der Waals surface area contributed by atoms with Crippen molar-refractivity contribution in [3.05, 3.63) is 72.1 Å². The second-order valence-corrected chi connectivity index (χ2v) is 8.54. The molecule has 8 heteroatoms. The van der Waals surface area contributed by atoms with E-state index in [1.54, 1.807) is 25.5 Å². The van der Waals surface area contributed by atoms with Crippen molar-refractivity contribution >= 4 is 39.1 Å². The third kappa shape index (κ3) is 3.00. The van der Waals surface area contributed by atoms with Crippen LogP contribution < -0.4 is 0 Å². The predicted octanol–water partition coefficient (Wildman–Crippen LogP) is 5.49. The van der Waals surface area contributed by atoms with Crippen molar-refractivity contribution in [2.75, 3.05) is 0 Å². The Morgan fingerprint density at radius 2 is 1.84 bits per heavy atom. The number of fused-ring (bicyclic) bond motifs is 2. The van der Waals surface area contributed by atoms with E-state index < -0.39 is 0 Å². The molecule has 6 aromatic heterocycles. The number of aromatic amines is 2. The highest BCUT2D eigenvalue weighted by Crippen LogP contribution is 2.36. The maximum atomic E-state index is 11.7. The van der Waals surface area contributed by atoms with E-state index in [4.69, 9.17) is 4.98 Å². The SMILES string of the molecule is CC(=O)c1ccc(-c2cncc3[nH]c(-c4n[nH]c5ccc(-c6ccncc6)nc45)cc23)s1. The van der Waals surface area contributed by atoms with Gasteiger partial charge in [-0.3, -0.25) is 19.9 Å². The molecule has 0 unspecified atom stereocenters. The fraction of sp³-hybridized carbons (Fsp3) is 0.0417. The molecule has 0 saturated heterocycles. The minimum atomic E-state index is 0.0650. The Bertz CT molecular complexity index is 1610. The number of aromatic nitrogens is 6. The summed E-state index contributed by atoms with van der Waals surface area (Å²) in [5.41, 5.74) is 6.98. The topological polar surface area (TPSA) is 100 Å². The number of ketones is 1. The molecule has 0 bridgehead atoms. The van der Waals surface area contributed by atoms with Crippen molar-refractivity contribution in [2.24, 2.45) is 0 Å². The van der Waals surface area contributed by atoms with Crippen molar-refractivity contribution < 1.29 is 4.79 Å². The molecule has 0 aromatic carbocycles. The van der Waals surface area contributed by atoms with Crippen LogP contribution in [-0.2, 0) is 0 Å². The molecule has 0 fully saturated rings. The zero-order valence-corrected chi connectivity index (χ0v) is 17.8. The molecule has 154 valence electrons. The number of pyridine rings is 3. The van der Waals surface area contributed by atoms with Gasteiger partial charge >= 0.3 is 0 Å². The van der Waals surface area contributed by atoms with Crippen molar-refractivity contribution in [1.29, 1.82) is 0 Å². The molecule has 0 aliphatic heterocycles.